The first-order chi connectivity index (χ1) is 10.6. The molecule has 0 heterocycles. The zero-order valence-electron chi connectivity index (χ0n) is 12.2. The lowest BCUT2D eigenvalue weighted by atomic mass is 10.1. The normalized spacial score (nSPS) is 10.3. The van der Waals surface area contributed by atoms with Gasteiger partial charge in [-0.1, -0.05) is 29.8 Å². The van der Waals surface area contributed by atoms with Gasteiger partial charge < -0.3 is 10.6 Å². The smallest absolute Gasteiger partial charge is 0.238 e. The van der Waals surface area contributed by atoms with Gasteiger partial charge in [0.2, 0.25) is 5.91 Å². The monoisotopic (exact) mass is 316 g/mol. The van der Waals surface area contributed by atoms with E-state index in [0.29, 0.717) is 22.8 Å². The molecule has 2 aromatic carbocycles. The van der Waals surface area contributed by atoms with Gasteiger partial charge in [-0.25, -0.2) is 0 Å². The number of amides is 1. The Kier molecular flexibility index (Phi) is 5.69. The molecular weight excluding hydrogens is 300 g/mol. The highest BCUT2D eigenvalue weighted by molar-refractivity contribution is 6.31. The molecule has 2 rings (SSSR count). The highest BCUT2D eigenvalue weighted by Gasteiger charge is 2.04. The van der Waals surface area contributed by atoms with Crippen LogP contribution >= 0.6 is 11.6 Å². The minimum Gasteiger partial charge on any atom is -0.325 e. The number of carbonyl (C=O) groups excluding carboxylic acids is 2. The standard InChI is InChI=1S/C17H17ClN2O2/c1-12(21)13-6-8-15(9-7-13)20-17(22)11-19-10-14-4-2-3-5-16(14)18/h2-9,19H,10-11H2,1H3,(H,20,22). The summed E-state index contributed by atoms with van der Waals surface area (Å²) < 4.78 is 0. The Labute approximate surface area is 134 Å². The van der Waals surface area contributed by atoms with Crippen molar-refractivity contribution in [3.8, 4) is 0 Å². The number of benzene rings is 2. The van der Waals surface area contributed by atoms with Gasteiger partial charge in [-0.15, -0.1) is 0 Å². The van der Waals surface area contributed by atoms with Gasteiger partial charge in [-0.2, -0.15) is 0 Å². The van der Waals surface area contributed by atoms with Crippen LogP contribution in [0.2, 0.25) is 5.02 Å². The minimum atomic E-state index is -0.150. The van der Waals surface area contributed by atoms with Crippen molar-refractivity contribution in [1.29, 1.82) is 0 Å². The predicted molar refractivity (Wildman–Crippen MR) is 88.2 cm³/mol. The van der Waals surface area contributed by atoms with Crippen LogP contribution in [0.4, 0.5) is 5.69 Å². The second-order valence-corrected chi connectivity index (χ2v) is 5.28. The molecule has 0 saturated carbocycles. The lowest BCUT2D eigenvalue weighted by Gasteiger charge is -2.08. The number of carbonyl (C=O) groups is 2. The van der Waals surface area contributed by atoms with E-state index in [4.69, 9.17) is 11.6 Å². The van der Waals surface area contributed by atoms with E-state index in [1.807, 2.05) is 24.3 Å². The van der Waals surface area contributed by atoms with E-state index in [2.05, 4.69) is 10.6 Å². The molecule has 0 spiro atoms. The van der Waals surface area contributed by atoms with Gasteiger partial charge in [-0.05, 0) is 42.8 Å². The number of halogens is 1. The van der Waals surface area contributed by atoms with Crippen molar-refractivity contribution in [1.82, 2.24) is 5.32 Å². The third-order valence-electron chi connectivity index (χ3n) is 3.13. The molecular formula is C17H17ClN2O2. The highest BCUT2D eigenvalue weighted by Crippen LogP contribution is 2.14. The number of anilines is 1. The van der Waals surface area contributed by atoms with E-state index in [1.54, 1.807) is 24.3 Å². The molecule has 0 aliphatic heterocycles. The fraction of sp³-hybridized carbons (Fsp3) is 0.176. The molecule has 5 heteroatoms. The summed E-state index contributed by atoms with van der Waals surface area (Å²) in [5.74, 6) is -0.151. The van der Waals surface area contributed by atoms with Crippen molar-refractivity contribution < 1.29 is 9.59 Å². The first kappa shape index (κ1) is 16.2. The number of rotatable bonds is 6. The molecule has 114 valence electrons. The third kappa shape index (κ3) is 4.69. The predicted octanol–water partition coefficient (Wildman–Crippen LogP) is 3.27. The Balaban J connectivity index is 1.80. The van der Waals surface area contributed by atoms with Crippen LogP contribution in [0.5, 0.6) is 0 Å². The van der Waals surface area contributed by atoms with E-state index < -0.39 is 0 Å². The fourth-order valence-electron chi connectivity index (χ4n) is 1.95. The zero-order valence-corrected chi connectivity index (χ0v) is 13.0. The number of hydrogen-bond donors (Lipinski definition) is 2. The first-order valence-corrected chi connectivity index (χ1v) is 7.29. The van der Waals surface area contributed by atoms with E-state index >= 15 is 0 Å². The fourth-order valence-corrected chi connectivity index (χ4v) is 2.15. The Morgan fingerprint density at radius 1 is 1.05 bits per heavy atom. The summed E-state index contributed by atoms with van der Waals surface area (Å²) in [6, 6.07) is 14.3. The number of hydrogen-bond acceptors (Lipinski definition) is 3. The molecule has 0 atom stereocenters. The van der Waals surface area contributed by atoms with Gasteiger partial charge in [-0.3, -0.25) is 9.59 Å². The van der Waals surface area contributed by atoms with Crippen LogP contribution in [-0.4, -0.2) is 18.2 Å². The summed E-state index contributed by atoms with van der Waals surface area (Å²) in [5, 5.41) is 6.48. The Morgan fingerprint density at radius 3 is 2.36 bits per heavy atom. The van der Waals surface area contributed by atoms with E-state index in [0.717, 1.165) is 5.56 Å². The summed E-state index contributed by atoms with van der Waals surface area (Å²) in [7, 11) is 0. The summed E-state index contributed by atoms with van der Waals surface area (Å²) >= 11 is 6.04. The molecule has 2 aromatic rings. The lowest BCUT2D eigenvalue weighted by Crippen LogP contribution is -2.27. The van der Waals surface area contributed by atoms with E-state index in [1.165, 1.54) is 6.92 Å². The molecule has 0 bridgehead atoms. The van der Waals surface area contributed by atoms with E-state index in [-0.39, 0.29) is 18.2 Å². The van der Waals surface area contributed by atoms with Gasteiger partial charge in [0.15, 0.2) is 5.78 Å². The van der Waals surface area contributed by atoms with Crippen molar-refractivity contribution in [2.24, 2.45) is 0 Å². The SMILES string of the molecule is CC(=O)c1ccc(NC(=O)CNCc2ccccc2Cl)cc1. The summed E-state index contributed by atoms with van der Waals surface area (Å²) in [6.07, 6.45) is 0. The third-order valence-corrected chi connectivity index (χ3v) is 3.50. The van der Waals surface area contributed by atoms with Crippen LogP contribution in [-0.2, 0) is 11.3 Å². The molecule has 0 saturated heterocycles. The molecule has 22 heavy (non-hydrogen) atoms. The van der Waals surface area contributed by atoms with Crippen molar-refractivity contribution in [2.45, 2.75) is 13.5 Å². The maximum atomic E-state index is 11.8. The first-order valence-electron chi connectivity index (χ1n) is 6.91. The molecule has 1 amide bonds. The molecule has 0 radical (unpaired) electrons. The number of Topliss-reactive ketones (excluding diaryl/α,β-unsaturated/α-hetero) is 1. The van der Waals surface area contributed by atoms with Crippen molar-refractivity contribution in [2.75, 3.05) is 11.9 Å². The quantitative estimate of drug-likeness (QED) is 0.804. The van der Waals surface area contributed by atoms with Gasteiger partial charge >= 0.3 is 0 Å². The minimum absolute atomic E-state index is 0.000664. The van der Waals surface area contributed by atoms with Crippen LogP contribution in [0, 0.1) is 0 Å². The average Bonchev–Trinajstić information content (AvgIpc) is 2.50. The van der Waals surface area contributed by atoms with Crippen LogP contribution in [0.15, 0.2) is 48.5 Å². The second-order valence-electron chi connectivity index (χ2n) is 4.88. The summed E-state index contributed by atoms with van der Waals surface area (Å²) in [4.78, 5) is 23.0. The number of nitrogens with one attached hydrogen (secondary N) is 2. The Bertz CT molecular complexity index is 669. The number of ketones is 1. The average molecular weight is 317 g/mol. The molecule has 0 aliphatic carbocycles. The molecule has 0 unspecified atom stereocenters. The Morgan fingerprint density at radius 2 is 1.73 bits per heavy atom. The molecule has 0 aliphatic rings. The maximum absolute atomic E-state index is 11.8. The van der Waals surface area contributed by atoms with Gasteiger partial charge in [0, 0.05) is 22.8 Å². The second kappa shape index (κ2) is 7.73. The zero-order chi connectivity index (χ0) is 15.9. The summed E-state index contributed by atoms with van der Waals surface area (Å²) in [5.41, 5.74) is 2.23. The molecule has 2 N–H and O–H groups in total. The summed E-state index contributed by atoms with van der Waals surface area (Å²) in [6.45, 7) is 2.21. The van der Waals surface area contributed by atoms with Crippen molar-refractivity contribution in [3.05, 3.63) is 64.7 Å². The lowest BCUT2D eigenvalue weighted by molar-refractivity contribution is -0.115. The molecule has 0 aromatic heterocycles. The van der Waals surface area contributed by atoms with Crippen LogP contribution in [0.3, 0.4) is 0 Å². The van der Waals surface area contributed by atoms with Crippen LogP contribution in [0.25, 0.3) is 0 Å². The van der Waals surface area contributed by atoms with Crippen LogP contribution < -0.4 is 10.6 Å². The van der Waals surface area contributed by atoms with E-state index in [9.17, 15) is 9.59 Å². The van der Waals surface area contributed by atoms with Gasteiger partial charge in [0.1, 0.15) is 0 Å². The maximum Gasteiger partial charge on any atom is 0.238 e. The largest absolute Gasteiger partial charge is 0.325 e. The topological polar surface area (TPSA) is 58.2 Å². The van der Waals surface area contributed by atoms with Crippen LogP contribution in [0.1, 0.15) is 22.8 Å². The molecule has 4 nitrogen and oxygen atoms in total. The molecule has 0 fully saturated rings. The Hall–Kier alpha value is -2.17. The van der Waals surface area contributed by atoms with Crippen molar-refractivity contribution >= 4 is 29.0 Å². The van der Waals surface area contributed by atoms with Gasteiger partial charge in [0.05, 0.1) is 6.54 Å². The van der Waals surface area contributed by atoms with Gasteiger partial charge in [0.25, 0.3) is 0 Å². The highest BCUT2D eigenvalue weighted by atomic mass is 35.5. The van der Waals surface area contributed by atoms with Crippen molar-refractivity contribution in [3.63, 3.8) is 0 Å².